The van der Waals surface area contributed by atoms with Crippen LogP contribution in [0.15, 0.2) is 4.52 Å². The minimum absolute atomic E-state index is 0.203. The van der Waals surface area contributed by atoms with E-state index in [9.17, 15) is 0 Å². The van der Waals surface area contributed by atoms with Gasteiger partial charge in [0.15, 0.2) is 5.82 Å². The number of nitrogens with zero attached hydrogens (tertiary/aromatic N) is 2. The monoisotopic (exact) mass is 237 g/mol. The Hall–Kier alpha value is -0.900. The molecule has 4 heteroatoms. The average molecular weight is 237 g/mol. The van der Waals surface area contributed by atoms with Gasteiger partial charge in [0.1, 0.15) is 0 Å². The molecule has 2 rings (SSSR count). The van der Waals surface area contributed by atoms with Gasteiger partial charge in [-0.25, -0.2) is 0 Å². The molecule has 1 aromatic rings. The number of rotatable bonds is 2. The summed E-state index contributed by atoms with van der Waals surface area (Å²) in [5.74, 6) is 2.32. The standard InChI is InChI=1S/C13H23N3O/c1-9-5-6-14-10(7-9)12-15-11(16-17-12)8-13(2,3)4/h9-10,14H,5-8H2,1-4H3. The minimum Gasteiger partial charge on any atom is -0.338 e. The second-order valence-electron chi connectivity index (χ2n) is 6.42. The third-order valence-electron chi connectivity index (χ3n) is 3.14. The molecule has 17 heavy (non-hydrogen) atoms. The van der Waals surface area contributed by atoms with E-state index >= 15 is 0 Å². The molecule has 1 aliphatic heterocycles. The van der Waals surface area contributed by atoms with Crippen LogP contribution in [-0.2, 0) is 6.42 Å². The molecule has 1 aliphatic rings. The van der Waals surface area contributed by atoms with Gasteiger partial charge < -0.3 is 9.84 Å². The first-order chi connectivity index (χ1) is 7.94. The lowest BCUT2D eigenvalue weighted by Gasteiger charge is -2.25. The number of hydrogen-bond acceptors (Lipinski definition) is 4. The molecule has 0 saturated carbocycles. The first-order valence-corrected chi connectivity index (χ1v) is 6.50. The molecule has 0 radical (unpaired) electrons. The van der Waals surface area contributed by atoms with E-state index in [1.54, 1.807) is 0 Å². The lowest BCUT2D eigenvalue weighted by molar-refractivity contribution is 0.258. The van der Waals surface area contributed by atoms with E-state index in [1.807, 2.05) is 0 Å². The summed E-state index contributed by atoms with van der Waals surface area (Å²) in [6.07, 6.45) is 3.19. The van der Waals surface area contributed by atoms with Crippen molar-refractivity contribution in [3.63, 3.8) is 0 Å². The lowest BCUT2D eigenvalue weighted by Crippen LogP contribution is -2.31. The van der Waals surface area contributed by atoms with E-state index in [4.69, 9.17) is 4.52 Å². The first kappa shape index (κ1) is 12.6. The largest absolute Gasteiger partial charge is 0.338 e. The van der Waals surface area contributed by atoms with Gasteiger partial charge in [0.2, 0.25) is 5.89 Å². The van der Waals surface area contributed by atoms with Gasteiger partial charge in [-0.3, -0.25) is 0 Å². The molecule has 0 aliphatic carbocycles. The Balaban J connectivity index is 2.02. The maximum absolute atomic E-state index is 5.37. The van der Waals surface area contributed by atoms with Crippen LogP contribution in [0.2, 0.25) is 0 Å². The summed E-state index contributed by atoms with van der Waals surface area (Å²) < 4.78 is 5.37. The molecule has 0 amide bonds. The highest BCUT2D eigenvalue weighted by Gasteiger charge is 2.25. The van der Waals surface area contributed by atoms with Gasteiger partial charge in [0.25, 0.3) is 0 Å². The van der Waals surface area contributed by atoms with Gasteiger partial charge in [-0.15, -0.1) is 0 Å². The summed E-state index contributed by atoms with van der Waals surface area (Å²) >= 11 is 0. The molecule has 1 saturated heterocycles. The molecule has 0 bridgehead atoms. The Bertz CT molecular complexity index is 367. The predicted octanol–water partition coefficient (Wildman–Crippen LogP) is 2.72. The van der Waals surface area contributed by atoms with Gasteiger partial charge in [0.05, 0.1) is 6.04 Å². The van der Waals surface area contributed by atoms with Crippen LogP contribution in [0, 0.1) is 11.3 Å². The van der Waals surface area contributed by atoms with Crippen molar-refractivity contribution in [2.45, 2.75) is 53.0 Å². The fourth-order valence-electron chi connectivity index (χ4n) is 2.25. The van der Waals surface area contributed by atoms with E-state index in [0.717, 1.165) is 37.0 Å². The topological polar surface area (TPSA) is 51.0 Å². The molecule has 2 atom stereocenters. The highest BCUT2D eigenvalue weighted by Crippen LogP contribution is 2.26. The summed E-state index contributed by atoms with van der Waals surface area (Å²) in [5.41, 5.74) is 0.203. The minimum atomic E-state index is 0.203. The number of aromatic nitrogens is 2. The van der Waals surface area contributed by atoms with Crippen LogP contribution >= 0.6 is 0 Å². The number of nitrogens with one attached hydrogen (secondary N) is 1. The molecule has 2 unspecified atom stereocenters. The van der Waals surface area contributed by atoms with Crippen molar-refractivity contribution in [1.29, 1.82) is 0 Å². The van der Waals surface area contributed by atoms with Crippen molar-refractivity contribution >= 4 is 0 Å². The van der Waals surface area contributed by atoms with Crippen LogP contribution in [-0.4, -0.2) is 16.7 Å². The Morgan fingerprint density at radius 2 is 2.18 bits per heavy atom. The van der Waals surface area contributed by atoms with Crippen molar-refractivity contribution in [2.75, 3.05) is 6.54 Å². The zero-order valence-corrected chi connectivity index (χ0v) is 11.3. The molecule has 4 nitrogen and oxygen atoms in total. The highest BCUT2D eigenvalue weighted by molar-refractivity contribution is 4.96. The van der Waals surface area contributed by atoms with Gasteiger partial charge >= 0.3 is 0 Å². The van der Waals surface area contributed by atoms with Crippen molar-refractivity contribution in [3.8, 4) is 0 Å². The fourth-order valence-corrected chi connectivity index (χ4v) is 2.25. The Morgan fingerprint density at radius 3 is 2.82 bits per heavy atom. The summed E-state index contributed by atoms with van der Waals surface area (Å²) in [5, 5.41) is 7.52. The number of hydrogen-bond donors (Lipinski definition) is 1. The molecule has 0 aromatic carbocycles. The molecule has 1 fully saturated rings. The molecule has 0 spiro atoms. The normalized spacial score (nSPS) is 26.1. The van der Waals surface area contributed by atoms with Crippen molar-refractivity contribution in [2.24, 2.45) is 11.3 Å². The summed E-state index contributed by atoms with van der Waals surface area (Å²) in [4.78, 5) is 4.51. The Labute approximate surface area is 103 Å². The van der Waals surface area contributed by atoms with Crippen LogP contribution in [0.25, 0.3) is 0 Å². The smallest absolute Gasteiger partial charge is 0.243 e. The van der Waals surface area contributed by atoms with E-state index in [2.05, 4.69) is 43.2 Å². The third-order valence-corrected chi connectivity index (χ3v) is 3.14. The SMILES string of the molecule is CC1CCNC(c2nc(CC(C)(C)C)no2)C1. The second kappa shape index (κ2) is 4.77. The van der Waals surface area contributed by atoms with Crippen molar-refractivity contribution in [1.82, 2.24) is 15.5 Å². The highest BCUT2D eigenvalue weighted by atomic mass is 16.5. The quantitative estimate of drug-likeness (QED) is 0.859. The Kier molecular flexibility index (Phi) is 3.52. The molecular formula is C13H23N3O. The Morgan fingerprint density at radius 1 is 1.41 bits per heavy atom. The van der Waals surface area contributed by atoms with Gasteiger partial charge in [-0.1, -0.05) is 32.9 Å². The summed E-state index contributed by atoms with van der Waals surface area (Å²) in [7, 11) is 0. The predicted molar refractivity (Wildman–Crippen MR) is 66.6 cm³/mol. The molecule has 2 heterocycles. The van der Waals surface area contributed by atoms with Crippen molar-refractivity contribution in [3.05, 3.63) is 11.7 Å². The second-order valence-corrected chi connectivity index (χ2v) is 6.42. The number of piperidine rings is 1. The average Bonchev–Trinajstić information content (AvgIpc) is 2.63. The van der Waals surface area contributed by atoms with Crippen LogP contribution < -0.4 is 5.32 Å². The zero-order chi connectivity index (χ0) is 12.5. The molecular weight excluding hydrogens is 214 g/mol. The van der Waals surface area contributed by atoms with Gasteiger partial charge in [0, 0.05) is 6.42 Å². The molecule has 1 N–H and O–H groups in total. The molecule has 96 valence electrons. The maximum Gasteiger partial charge on any atom is 0.243 e. The maximum atomic E-state index is 5.37. The van der Waals surface area contributed by atoms with Crippen LogP contribution in [0.5, 0.6) is 0 Å². The van der Waals surface area contributed by atoms with E-state index in [0.29, 0.717) is 0 Å². The summed E-state index contributed by atoms with van der Waals surface area (Å²) in [6.45, 7) is 9.88. The third kappa shape index (κ3) is 3.53. The van der Waals surface area contributed by atoms with Crippen molar-refractivity contribution < 1.29 is 4.52 Å². The molecule has 1 aromatic heterocycles. The zero-order valence-electron chi connectivity index (χ0n) is 11.3. The summed E-state index contributed by atoms with van der Waals surface area (Å²) in [6, 6.07) is 0.250. The first-order valence-electron chi connectivity index (χ1n) is 6.50. The van der Waals surface area contributed by atoms with E-state index in [1.165, 1.54) is 6.42 Å². The van der Waals surface area contributed by atoms with Crippen LogP contribution in [0.3, 0.4) is 0 Å². The van der Waals surface area contributed by atoms with Crippen LogP contribution in [0.1, 0.15) is 58.3 Å². The van der Waals surface area contributed by atoms with Gasteiger partial charge in [-0.05, 0) is 30.7 Å². The lowest BCUT2D eigenvalue weighted by atomic mass is 9.92. The van der Waals surface area contributed by atoms with Gasteiger partial charge in [-0.2, -0.15) is 4.98 Å². The fraction of sp³-hybridized carbons (Fsp3) is 0.846. The van der Waals surface area contributed by atoms with E-state index < -0.39 is 0 Å². The van der Waals surface area contributed by atoms with E-state index in [-0.39, 0.29) is 11.5 Å². The van der Waals surface area contributed by atoms with Crippen LogP contribution in [0.4, 0.5) is 0 Å².